The summed E-state index contributed by atoms with van der Waals surface area (Å²) >= 11 is 0. The lowest BCUT2D eigenvalue weighted by Gasteiger charge is -2.14. The van der Waals surface area contributed by atoms with Gasteiger partial charge >= 0.3 is 0 Å². The zero-order valence-corrected chi connectivity index (χ0v) is 9.93. The number of rotatable bonds is 3. The van der Waals surface area contributed by atoms with Gasteiger partial charge in [-0.1, -0.05) is 0 Å². The summed E-state index contributed by atoms with van der Waals surface area (Å²) in [6, 6.07) is 6.99. The van der Waals surface area contributed by atoms with Gasteiger partial charge in [-0.25, -0.2) is 0 Å². The molecule has 0 radical (unpaired) electrons. The van der Waals surface area contributed by atoms with E-state index in [0.29, 0.717) is 16.9 Å². The fourth-order valence-corrected chi connectivity index (χ4v) is 1.48. The SMILES string of the molecule is CN(C)C(=O)c1cc(C#N)ccc1OC1CC1. The molecule has 0 N–H and O–H groups in total. The molecule has 1 fully saturated rings. The average Bonchev–Trinajstić information content (AvgIpc) is 3.12. The van der Waals surface area contributed by atoms with Gasteiger partial charge in [0.2, 0.25) is 0 Å². The van der Waals surface area contributed by atoms with Crippen LogP contribution < -0.4 is 4.74 Å². The van der Waals surface area contributed by atoms with E-state index in [2.05, 4.69) is 0 Å². The Morgan fingerprint density at radius 2 is 2.18 bits per heavy atom. The quantitative estimate of drug-likeness (QED) is 0.795. The topological polar surface area (TPSA) is 53.3 Å². The van der Waals surface area contributed by atoms with E-state index in [1.165, 1.54) is 4.90 Å². The molecule has 0 heterocycles. The molecule has 17 heavy (non-hydrogen) atoms. The fourth-order valence-electron chi connectivity index (χ4n) is 1.48. The van der Waals surface area contributed by atoms with Crippen LogP contribution in [0.2, 0.25) is 0 Å². The maximum absolute atomic E-state index is 12.0. The Bertz CT molecular complexity index is 485. The first-order chi connectivity index (χ1) is 8.11. The van der Waals surface area contributed by atoms with Crippen molar-refractivity contribution in [1.82, 2.24) is 4.90 Å². The number of carbonyl (C=O) groups excluding carboxylic acids is 1. The molecule has 1 saturated carbocycles. The fraction of sp³-hybridized carbons (Fsp3) is 0.385. The first kappa shape index (κ1) is 11.5. The minimum Gasteiger partial charge on any atom is -0.490 e. The number of hydrogen-bond donors (Lipinski definition) is 0. The zero-order chi connectivity index (χ0) is 12.4. The number of benzene rings is 1. The van der Waals surface area contributed by atoms with Gasteiger partial charge in [0.25, 0.3) is 5.91 Å². The Morgan fingerprint density at radius 3 is 2.71 bits per heavy atom. The van der Waals surface area contributed by atoms with E-state index in [1.807, 2.05) is 6.07 Å². The van der Waals surface area contributed by atoms with E-state index in [0.717, 1.165) is 12.8 Å². The van der Waals surface area contributed by atoms with Crippen molar-refractivity contribution in [2.24, 2.45) is 0 Å². The normalized spacial score (nSPS) is 13.9. The molecule has 0 unspecified atom stereocenters. The van der Waals surface area contributed by atoms with Gasteiger partial charge in [0.05, 0.1) is 23.3 Å². The summed E-state index contributed by atoms with van der Waals surface area (Å²) in [5, 5.41) is 8.85. The van der Waals surface area contributed by atoms with Crippen LogP contribution in [-0.4, -0.2) is 31.0 Å². The smallest absolute Gasteiger partial charge is 0.257 e. The molecule has 1 aromatic rings. The molecule has 1 amide bonds. The van der Waals surface area contributed by atoms with E-state index in [4.69, 9.17) is 10.00 Å². The van der Waals surface area contributed by atoms with Crippen LogP contribution in [0.3, 0.4) is 0 Å². The second-order valence-corrected chi connectivity index (χ2v) is 4.34. The minimum absolute atomic E-state index is 0.141. The van der Waals surface area contributed by atoms with Gasteiger partial charge in [0, 0.05) is 14.1 Å². The highest BCUT2D eigenvalue weighted by molar-refractivity contribution is 5.97. The lowest BCUT2D eigenvalue weighted by molar-refractivity contribution is 0.0823. The van der Waals surface area contributed by atoms with Crippen molar-refractivity contribution in [2.75, 3.05) is 14.1 Å². The predicted octanol–water partition coefficient (Wildman–Crippen LogP) is 1.80. The van der Waals surface area contributed by atoms with Gasteiger partial charge in [-0.15, -0.1) is 0 Å². The molecule has 4 heteroatoms. The van der Waals surface area contributed by atoms with Crippen LogP contribution in [0.1, 0.15) is 28.8 Å². The number of hydrogen-bond acceptors (Lipinski definition) is 3. The molecule has 0 atom stereocenters. The van der Waals surface area contributed by atoms with Crippen LogP contribution in [-0.2, 0) is 0 Å². The Balaban J connectivity index is 2.36. The van der Waals surface area contributed by atoms with Gasteiger partial charge in [-0.3, -0.25) is 4.79 Å². The molecule has 1 aliphatic carbocycles. The first-order valence-electron chi connectivity index (χ1n) is 5.54. The van der Waals surface area contributed by atoms with Crippen LogP contribution in [0.25, 0.3) is 0 Å². The molecule has 2 rings (SSSR count). The molecule has 0 aromatic heterocycles. The van der Waals surface area contributed by atoms with Gasteiger partial charge in [0.15, 0.2) is 0 Å². The van der Waals surface area contributed by atoms with Crippen LogP contribution in [0, 0.1) is 11.3 Å². The Morgan fingerprint density at radius 1 is 1.47 bits per heavy atom. The van der Waals surface area contributed by atoms with Crippen molar-refractivity contribution in [3.63, 3.8) is 0 Å². The molecule has 1 aliphatic rings. The summed E-state index contributed by atoms with van der Waals surface area (Å²) in [5.41, 5.74) is 0.930. The maximum Gasteiger partial charge on any atom is 0.257 e. The summed E-state index contributed by atoms with van der Waals surface area (Å²) in [4.78, 5) is 13.5. The second kappa shape index (κ2) is 4.46. The summed E-state index contributed by atoms with van der Waals surface area (Å²) in [7, 11) is 3.37. The molecule has 0 saturated heterocycles. The van der Waals surface area contributed by atoms with Gasteiger partial charge in [0.1, 0.15) is 5.75 Å². The average molecular weight is 230 g/mol. The van der Waals surface area contributed by atoms with Crippen LogP contribution in [0.5, 0.6) is 5.75 Å². The van der Waals surface area contributed by atoms with E-state index in [-0.39, 0.29) is 12.0 Å². The summed E-state index contributed by atoms with van der Waals surface area (Å²) in [6.45, 7) is 0. The molecular weight excluding hydrogens is 216 g/mol. The Hall–Kier alpha value is -2.02. The minimum atomic E-state index is -0.141. The highest BCUT2D eigenvalue weighted by Gasteiger charge is 2.26. The summed E-state index contributed by atoms with van der Waals surface area (Å²) in [5.74, 6) is 0.433. The highest BCUT2D eigenvalue weighted by atomic mass is 16.5. The van der Waals surface area contributed by atoms with Gasteiger partial charge in [-0.2, -0.15) is 5.26 Å². The molecule has 0 spiro atoms. The van der Waals surface area contributed by atoms with E-state index in [1.54, 1.807) is 32.3 Å². The van der Waals surface area contributed by atoms with E-state index < -0.39 is 0 Å². The molecular formula is C13H14N2O2. The molecule has 0 aliphatic heterocycles. The number of nitrogens with zero attached hydrogens (tertiary/aromatic N) is 2. The predicted molar refractivity (Wildman–Crippen MR) is 62.8 cm³/mol. The highest BCUT2D eigenvalue weighted by Crippen LogP contribution is 2.30. The van der Waals surface area contributed by atoms with Crippen molar-refractivity contribution in [3.05, 3.63) is 29.3 Å². The van der Waals surface area contributed by atoms with Crippen molar-refractivity contribution in [2.45, 2.75) is 18.9 Å². The van der Waals surface area contributed by atoms with E-state index in [9.17, 15) is 4.79 Å². The van der Waals surface area contributed by atoms with Crippen molar-refractivity contribution in [3.8, 4) is 11.8 Å². The van der Waals surface area contributed by atoms with Gasteiger partial charge < -0.3 is 9.64 Å². The number of nitriles is 1. The van der Waals surface area contributed by atoms with Crippen LogP contribution in [0.4, 0.5) is 0 Å². The number of carbonyl (C=O) groups is 1. The van der Waals surface area contributed by atoms with Crippen LogP contribution in [0.15, 0.2) is 18.2 Å². The zero-order valence-electron chi connectivity index (χ0n) is 9.93. The summed E-state index contributed by atoms with van der Waals surface area (Å²) in [6.07, 6.45) is 2.31. The van der Waals surface area contributed by atoms with Gasteiger partial charge in [-0.05, 0) is 31.0 Å². The molecule has 4 nitrogen and oxygen atoms in total. The van der Waals surface area contributed by atoms with Crippen molar-refractivity contribution in [1.29, 1.82) is 5.26 Å². The summed E-state index contributed by atoms with van der Waals surface area (Å²) < 4.78 is 5.67. The molecule has 88 valence electrons. The van der Waals surface area contributed by atoms with E-state index >= 15 is 0 Å². The monoisotopic (exact) mass is 230 g/mol. The molecule has 0 bridgehead atoms. The first-order valence-corrected chi connectivity index (χ1v) is 5.54. The van der Waals surface area contributed by atoms with Crippen molar-refractivity contribution >= 4 is 5.91 Å². The standard InChI is InChI=1S/C13H14N2O2/c1-15(2)13(16)11-7-9(8-14)3-6-12(11)17-10-4-5-10/h3,6-7,10H,4-5H2,1-2H3. The van der Waals surface area contributed by atoms with Crippen molar-refractivity contribution < 1.29 is 9.53 Å². The number of amides is 1. The number of ether oxygens (including phenoxy) is 1. The third kappa shape index (κ3) is 2.56. The lowest BCUT2D eigenvalue weighted by atomic mass is 10.1. The molecule has 1 aromatic carbocycles. The Labute approximate surface area is 100 Å². The largest absolute Gasteiger partial charge is 0.490 e. The third-order valence-corrected chi connectivity index (χ3v) is 2.56. The third-order valence-electron chi connectivity index (χ3n) is 2.56. The Kier molecular flexibility index (Phi) is 3.01. The van der Waals surface area contributed by atoms with Crippen LogP contribution >= 0.6 is 0 Å². The maximum atomic E-state index is 12.0. The second-order valence-electron chi connectivity index (χ2n) is 4.34. The lowest BCUT2D eigenvalue weighted by Crippen LogP contribution is -2.22.